The van der Waals surface area contributed by atoms with Crippen LogP contribution in [0.3, 0.4) is 0 Å². The van der Waals surface area contributed by atoms with Crippen LogP contribution >= 0.6 is 0 Å². The van der Waals surface area contributed by atoms with E-state index in [0.29, 0.717) is 14.5 Å². The summed E-state index contributed by atoms with van der Waals surface area (Å²) in [5.74, 6) is 0. The average Bonchev–Trinajstić information content (AvgIpc) is 1.72. The average molecular weight is 168 g/mol. The number of rotatable bonds is 0. The molecule has 32 valence electrons. The second kappa shape index (κ2) is 5.02. The van der Waals surface area contributed by atoms with Crippen molar-refractivity contribution in [1.82, 2.24) is 0 Å². The fourth-order valence-electron chi connectivity index (χ4n) is 0.291. The third-order valence-electron chi connectivity index (χ3n) is 0.536. The summed E-state index contributed by atoms with van der Waals surface area (Å²) in [4.78, 5) is 4.38. The van der Waals surface area contributed by atoms with Gasteiger partial charge >= 0.3 is 72.1 Å². The topological polar surface area (TPSA) is 0 Å². The Bertz CT molecular complexity index is 80.0. The zero-order valence-corrected chi connectivity index (χ0v) is 5.01. The molecule has 0 aromatic carbocycles. The molecule has 0 aliphatic rings. The fraction of sp³-hybridized carbons (Fsp3) is 0. The Morgan fingerprint density at radius 3 is 1.57 bits per heavy atom. The van der Waals surface area contributed by atoms with E-state index in [9.17, 15) is 0 Å². The van der Waals surface area contributed by atoms with E-state index in [0.717, 1.165) is 0 Å². The minimum atomic E-state index is 0. The summed E-state index contributed by atoms with van der Waals surface area (Å²) in [6.07, 6.45) is 0. The van der Waals surface area contributed by atoms with Crippen molar-refractivity contribution in [2.45, 2.75) is 0 Å². The van der Waals surface area contributed by atoms with Crippen molar-refractivity contribution in [2.24, 2.45) is 0 Å². The Kier molecular flexibility index (Phi) is 5.64. The van der Waals surface area contributed by atoms with Crippen LogP contribution in [-0.4, -0.2) is 44.1 Å². The maximum absolute atomic E-state index is 2.19. The summed E-state index contributed by atoms with van der Waals surface area (Å²) in [6.45, 7) is 0. The van der Waals surface area contributed by atoms with Gasteiger partial charge in [-0.15, -0.1) is 0 Å². The van der Waals surface area contributed by atoms with Crippen molar-refractivity contribution in [3.63, 3.8) is 0 Å². The molecule has 0 aliphatic heterocycles. The van der Waals surface area contributed by atoms with E-state index in [1.54, 1.807) is 0 Å². The first kappa shape index (κ1) is 7.87. The van der Waals surface area contributed by atoms with Crippen LogP contribution in [0.25, 0.3) is 0 Å². The molecule has 0 saturated heterocycles. The van der Waals surface area contributed by atoms with Gasteiger partial charge in [0.2, 0.25) is 0 Å². The van der Waals surface area contributed by atoms with Crippen molar-refractivity contribution in [3.05, 3.63) is 28.1 Å². The molecular formula is C5H6NaSe+. The van der Waals surface area contributed by atoms with Gasteiger partial charge in [-0.25, -0.2) is 0 Å². The van der Waals surface area contributed by atoms with Gasteiger partial charge in [-0.3, -0.25) is 0 Å². The molecule has 0 saturated carbocycles. The van der Waals surface area contributed by atoms with Gasteiger partial charge in [0.15, 0.2) is 0 Å². The van der Waals surface area contributed by atoms with E-state index in [4.69, 9.17) is 0 Å². The maximum atomic E-state index is 2.19. The van der Waals surface area contributed by atoms with E-state index in [1.165, 1.54) is 0 Å². The Hall–Kier alpha value is 0.869. The molecule has 1 rings (SSSR count). The monoisotopic (exact) mass is 169 g/mol. The molecule has 7 heavy (non-hydrogen) atoms. The zero-order chi connectivity index (χ0) is 4.24. The molecule has 0 bridgehead atoms. The van der Waals surface area contributed by atoms with Gasteiger partial charge in [-0.05, 0) is 0 Å². The molecule has 0 aliphatic carbocycles. The molecule has 0 N–H and O–H groups in total. The van der Waals surface area contributed by atoms with E-state index in [1.807, 2.05) is 6.07 Å². The molecule has 2 heteroatoms. The van der Waals surface area contributed by atoms with Crippen molar-refractivity contribution >= 4 is 44.1 Å². The molecule has 0 unspecified atom stereocenters. The zero-order valence-electron chi connectivity index (χ0n) is 3.29. The third kappa shape index (κ3) is 3.45. The van der Waals surface area contributed by atoms with Gasteiger partial charge in [0.25, 0.3) is 0 Å². The SMILES string of the molecule is [NaH].c1cc[se+]cc1. The van der Waals surface area contributed by atoms with Crippen molar-refractivity contribution < 1.29 is 0 Å². The molecule has 0 amide bonds. The van der Waals surface area contributed by atoms with Crippen LogP contribution in [0.5, 0.6) is 0 Å². The normalized spacial score (nSPS) is 6.86. The van der Waals surface area contributed by atoms with Gasteiger partial charge in [0.05, 0.1) is 0 Å². The second-order valence-electron chi connectivity index (χ2n) is 0.986. The first-order valence-corrected chi connectivity index (χ1v) is 3.78. The van der Waals surface area contributed by atoms with Crippen LogP contribution in [0, 0.1) is 0 Å². The van der Waals surface area contributed by atoms with Crippen molar-refractivity contribution in [3.8, 4) is 0 Å². The van der Waals surface area contributed by atoms with Crippen molar-refractivity contribution in [1.29, 1.82) is 0 Å². The van der Waals surface area contributed by atoms with Gasteiger partial charge < -0.3 is 0 Å². The summed E-state index contributed by atoms with van der Waals surface area (Å²) in [5.41, 5.74) is 0. The van der Waals surface area contributed by atoms with Gasteiger partial charge in [0.1, 0.15) is 0 Å². The summed E-state index contributed by atoms with van der Waals surface area (Å²) in [5, 5.41) is 0. The Morgan fingerprint density at radius 2 is 1.43 bits per heavy atom. The van der Waals surface area contributed by atoms with Crippen LogP contribution in [0.4, 0.5) is 0 Å². The first-order valence-electron chi connectivity index (χ1n) is 1.80. The fourth-order valence-corrected chi connectivity index (χ4v) is 1.24. The molecule has 0 spiro atoms. The molecule has 0 nitrogen and oxygen atoms in total. The summed E-state index contributed by atoms with van der Waals surface area (Å²) in [7, 11) is 0. The van der Waals surface area contributed by atoms with Gasteiger partial charge in [-0.2, -0.15) is 0 Å². The molecule has 0 atom stereocenters. The summed E-state index contributed by atoms with van der Waals surface area (Å²) in [6, 6.07) is 6.21. The van der Waals surface area contributed by atoms with Crippen LogP contribution < -0.4 is 0 Å². The number of hydrogen-bond acceptors (Lipinski definition) is 0. The Labute approximate surface area is 71.6 Å². The quantitative estimate of drug-likeness (QED) is 0.491. The van der Waals surface area contributed by atoms with E-state index >= 15 is 0 Å². The second-order valence-corrected chi connectivity index (χ2v) is 2.70. The minimum absolute atomic E-state index is 0. The van der Waals surface area contributed by atoms with E-state index < -0.39 is 0 Å². The van der Waals surface area contributed by atoms with Gasteiger partial charge in [0, 0.05) is 0 Å². The molecule has 0 radical (unpaired) electrons. The van der Waals surface area contributed by atoms with Crippen molar-refractivity contribution in [2.75, 3.05) is 0 Å². The Balaban J connectivity index is 0.000000360. The molecule has 1 aromatic rings. The van der Waals surface area contributed by atoms with Crippen LogP contribution in [-0.2, 0) is 0 Å². The first-order chi connectivity index (χ1) is 3.00. The predicted octanol–water partition coefficient (Wildman–Crippen LogP) is 0.376. The predicted molar refractivity (Wildman–Crippen MR) is 34.9 cm³/mol. The van der Waals surface area contributed by atoms with Crippen LogP contribution in [0.15, 0.2) is 28.1 Å². The Morgan fingerprint density at radius 1 is 0.857 bits per heavy atom. The van der Waals surface area contributed by atoms with E-state index in [2.05, 4.69) is 22.0 Å². The van der Waals surface area contributed by atoms with Gasteiger partial charge in [-0.1, -0.05) is 0 Å². The third-order valence-corrected chi connectivity index (χ3v) is 1.86. The van der Waals surface area contributed by atoms with Crippen LogP contribution in [0.2, 0.25) is 0 Å². The molecule has 1 aromatic heterocycles. The standard InChI is InChI=1S/C5H5Se.Na.H/c1-2-4-6-5-3-1;;/h1-5H;;/q+1;;. The van der Waals surface area contributed by atoms with E-state index in [-0.39, 0.29) is 29.6 Å². The molecule has 0 fully saturated rings. The summed E-state index contributed by atoms with van der Waals surface area (Å²) >= 11 is 0.661. The van der Waals surface area contributed by atoms with Crippen LogP contribution in [0.1, 0.15) is 0 Å². The molecule has 1 heterocycles. The summed E-state index contributed by atoms with van der Waals surface area (Å²) < 4.78 is 0. The molecular weight excluding hydrogens is 162 g/mol. The number of hydrogen-bond donors (Lipinski definition) is 0.